The van der Waals surface area contributed by atoms with Crippen LogP contribution in [-0.4, -0.2) is 52.5 Å². The van der Waals surface area contributed by atoms with E-state index in [2.05, 4.69) is 15.6 Å². The minimum absolute atomic E-state index is 0. The molecule has 0 aromatic carbocycles. The van der Waals surface area contributed by atoms with Gasteiger partial charge in [-0.25, -0.2) is 0 Å². The molecule has 0 atom stereocenters. The van der Waals surface area contributed by atoms with Crippen LogP contribution in [0.15, 0.2) is 4.99 Å². The van der Waals surface area contributed by atoms with Crippen molar-refractivity contribution in [2.45, 2.75) is 20.3 Å². The molecule has 0 unspecified atom stereocenters. The summed E-state index contributed by atoms with van der Waals surface area (Å²) in [5, 5.41) is 6.38. The molecule has 0 aliphatic rings. The highest BCUT2D eigenvalue weighted by Gasteiger charge is 1.95. The second-order valence-corrected chi connectivity index (χ2v) is 3.17. The lowest BCUT2D eigenvalue weighted by molar-refractivity contribution is 0.145. The van der Waals surface area contributed by atoms with Gasteiger partial charge in [0, 0.05) is 40.0 Å². The minimum Gasteiger partial charge on any atom is -0.382 e. The van der Waals surface area contributed by atoms with E-state index < -0.39 is 0 Å². The number of guanidine groups is 1. The first-order valence-electron chi connectivity index (χ1n) is 5.95. The summed E-state index contributed by atoms with van der Waals surface area (Å²) in [5.74, 6) is 0.816. The summed E-state index contributed by atoms with van der Waals surface area (Å²) >= 11 is 0. The van der Waals surface area contributed by atoms with Crippen LogP contribution in [0.1, 0.15) is 20.3 Å². The van der Waals surface area contributed by atoms with Crippen LogP contribution in [0.2, 0.25) is 0 Å². The number of nitrogens with one attached hydrogen (secondary N) is 2. The van der Waals surface area contributed by atoms with Gasteiger partial charge >= 0.3 is 0 Å². The fourth-order valence-corrected chi connectivity index (χ4v) is 1.13. The van der Waals surface area contributed by atoms with Crippen LogP contribution in [0.5, 0.6) is 0 Å². The molecule has 0 heterocycles. The van der Waals surface area contributed by atoms with Gasteiger partial charge in [-0.05, 0) is 20.3 Å². The molecule has 0 saturated heterocycles. The first-order chi connectivity index (χ1) is 7.85. The summed E-state index contributed by atoms with van der Waals surface area (Å²) in [4.78, 5) is 4.10. The van der Waals surface area contributed by atoms with E-state index >= 15 is 0 Å². The van der Waals surface area contributed by atoms with Crippen molar-refractivity contribution in [3.63, 3.8) is 0 Å². The van der Waals surface area contributed by atoms with Gasteiger partial charge in [0.1, 0.15) is 0 Å². The first kappa shape index (κ1) is 19.3. The molecule has 104 valence electrons. The van der Waals surface area contributed by atoms with Crippen molar-refractivity contribution in [1.82, 2.24) is 10.6 Å². The highest BCUT2D eigenvalue weighted by atomic mass is 127. The zero-order valence-corrected chi connectivity index (χ0v) is 13.5. The monoisotopic (exact) mass is 359 g/mol. The van der Waals surface area contributed by atoms with E-state index in [4.69, 9.17) is 9.47 Å². The van der Waals surface area contributed by atoms with Crippen LogP contribution >= 0.6 is 24.0 Å². The molecule has 0 fully saturated rings. The molecule has 0 spiro atoms. The lowest BCUT2D eigenvalue weighted by Crippen LogP contribution is -2.39. The predicted octanol–water partition coefficient (Wildman–Crippen LogP) is 1.23. The SMILES string of the molecule is CCOCCCNC(=NC)NCCOCC.I. The van der Waals surface area contributed by atoms with Gasteiger partial charge in [-0.2, -0.15) is 0 Å². The lowest BCUT2D eigenvalue weighted by Gasteiger charge is -2.11. The van der Waals surface area contributed by atoms with Crippen molar-refractivity contribution in [2.24, 2.45) is 4.99 Å². The maximum atomic E-state index is 5.24. The van der Waals surface area contributed by atoms with Gasteiger partial charge in [-0.1, -0.05) is 0 Å². The van der Waals surface area contributed by atoms with E-state index in [9.17, 15) is 0 Å². The van der Waals surface area contributed by atoms with Gasteiger partial charge in [0.05, 0.1) is 6.61 Å². The molecular weight excluding hydrogens is 333 g/mol. The van der Waals surface area contributed by atoms with E-state index in [0.717, 1.165) is 45.3 Å². The van der Waals surface area contributed by atoms with Gasteiger partial charge in [0.2, 0.25) is 0 Å². The number of halogens is 1. The molecule has 17 heavy (non-hydrogen) atoms. The Morgan fingerprint density at radius 3 is 2.18 bits per heavy atom. The van der Waals surface area contributed by atoms with Crippen LogP contribution in [-0.2, 0) is 9.47 Å². The molecule has 0 aliphatic heterocycles. The van der Waals surface area contributed by atoms with E-state index in [1.807, 2.05) is 13.8 Å². The number of rotatable bonds is 9. The highest BCUT2D eigenvalue weighted by Crippen LogP contribution is 1.80. The van der Waals surface area contributed by atoms with E-state index in [1.165, 1.54) is 0 Å². The van der Waals surface area contributed by atoms with Gasteiger partial charge in [0.25, 0.3) is 0 Å². The average Bonchev–Trinajstić information content (AvgIpc) is 2.31. The average molecular weight is 359 g/mol. The number of hydrogen-bond acceptors (Lipinski definition) is 3. The van der Waals surface area contributed by atoms with Crippen molar-refractivity contribution in [2.75, 3.05) is 46.6 Å². The Bertz CT molecular complexity index is 180. The van der Waals surface area contributed by atoms with Crippen LogP contribution in [0.25, 0.3) is 0 Å². The second kappa shape index (κ2) is 15.9. The standard InChI is InChI=1S/C11H25N3O2.HI/c1-4-15-9-6-7-13-11(12-3)14-8-10-16-5-2;/h4-10H2,1-3H3,(H2,12,13,14);1H. The fourth-order valence-electron chi connectivity index (χ4n) is 1.13. The van der Waals surface area contributed by atoms with E-state index in [0.29, 0.717) is 6.61 Å². The first-order valence-corrected chi connectivity index (χ1v) is 5.95. The summed E-state index contributed by atoms with van der Waals surface area (Å²) < 4.78 is 10.5. The quantitative estimate of drug-likeness (QED) is 0.282. The zero-order valence-electron chi connectivity index (χ0n) is 11.1. The van der Waals surface area contributed by atoms with Crippen LogP contribution < -0.4 is 10.6 Å². The summed E-state index contributed by atoms with van der Waals surface area (Å²) in [7, 11) is 1.76. The maximum absolute atomic E-state index is 5.24. The smallest absolute Gasteiger partial charge is 0.191 e. The lowest BCUT2D eigenvalue weighted by atomic mass is 10.4. The Morgan fingerprint density at radius 2 is 1.59 bits per heavy atom. The van der Waals surface area contributed by atoms with Crippen LogP contribution in [0.3, 0.4) is 0 Å². The Balaban J connectivity index is 0. The topological polar surface area (TPSA) is 54.9 Å². The number of nitrogens with zero attached hydrogens (tertiary/aromatic N) is 1. The normalized spacial score (nSPS) is 10.9. The third-order valence-electron chi connectivity index (χ3n) is 1.93. The van der Waals surface area contributed by atoms with Gasteiger partial charge in [-0.15, -0.1) is 24.0 Å². The largest absolute Gasteiger partial charge is 0.382 e. The molecule has 0 aliphatic carbocycles. The Hall–Kier alpha value is -0.0800. The van der Waals surface area contributed by atoms with Crippen molar-refractivity contribution < 1.29 is 9.47 Å². The molecule has 2 N–H and O–H groups in total. The van der Waals surface area contributed by atoms with Gasteiger partial charge < -0.3 is 20.1 Å². The Morgan fingerprint density at radius 1 is 1.00 bits per heavy atom. The molecule has 0 bridgehead atoms. The molecule has 6 heteroatoms. The summed E-state index contributed by atoms with van der Waals surface area (Å²) in [6.45, 7) is 8.66. The van der Waals surface area contributed by atoms with Crippen LogP contribution in [0.4, 0.5) is 0 Å². The third kappa shape index (κ3) is 13.9. The molecule has 0 aromatic rings. The van der Waals surface area contributed by atoms with Crippen molar-refractivity contribution in [3.8, 4) is 0 Å². The van der Waals surface area contributed by atoms with Crippen LogP contribution in [0, 0.1) is 0 Å². The summed E-state index contributed by atoms with van der Waals surface area (Å²) in [6, 6.07) is 0. The number of aliphatic imine (C=N–C) groups is 1. The number of hydrogen-bond donors (Lipinski definition) is 2. The third-order valence-corrected chi connectivity index (χ3v) is 1.93. The predicted molar refractivity (Wildman–Crippen MR) is 82.4 cm³/mol. The molecule has 0 radical (unpaired) electrons. The number of ether oxygens (including phenoxy) is 2. The molecule has 0 rings (SSSR count). The maximum Gasteiger partial charge on any atom is 0.191 e. The summed E-state index contributed by atoms with van der Waals surface area (Å²) in [5.41, 5.74) is 0. The summed E-state index contributed by atoms with van der Waals surface area (Å²) in [6.07, 6.45) is 0.986. The molecule has 0 saturated carbocycles. The second-order valence-electron chi connectivity index (χ2n) is 3.17. The van der Waals surface area contributed by atoms with Gasteiger partial charge in [0.15, 0.2) is 5.96 Å². The molecule has 0 amide bonds. The highest BCUT2D eigenvalue weighted by molar-refractivity contribution is 14.0. The molecule has 5 nitrogen and oxygen atoms in total. The zero-order chi connectivity index (χ0) is 12.1. The van der Waals surface area contributed by atoms with E-state index in [1.54, 1.807) is 7.05 Å². The molecular formula is C11H26IN3O2. The Kier molecular flexibility index (Phi) is 18.0. The Labute approximate surface area is 122 Å². The van der Waals surface area contributed by atoms with Crippen molar-refractivity contribution in [1.29, 1.82) is 0 Å². The molecule has 0 aromatic heterocycles. The van der Waals surface area contributed by atoms with Gasteiger partial charge in [-0.3, -0.25) is 4.99 Å². The van der Waals surface area contributed by atoms with E-state index in [-0.39, 0.29) is 24.0 Å². The minimum atomic E-state index is 0. The van der Waals surface area contributed by atoms with Crippen molar-refractivity contribution >= 4 is 29.9 Å². The fraction of sp³-hybridized carbons (Fsp3) is 0.909. The van der Waals surface area contributed by atoms with Crippen molar-refractivity contribution in [3.05, 3.63) is 0 Å².